The maximum Gasteiger partial charge on any atom is 0.153 e. The molecule has 1 heterocycles. The second-order valence-electron chi connectivity index (χ2n) is 4.15. The number of methoxy groups -OCH3 is 1. The second kappa shape index (κ2) is 5.98. The molecule has 0 amide bonds. The Morgan fingerprint density at radius 2 is 2.41 bits per heavy atom. The quantitative estimate of drug-likeness (QED) is 0.750. The van der Waals surface area contributed by atoms with Crippen LogP contribution in [0.25, 0.3) is 0 Å². The lowest BCUT2D eigenvalue weighted by Gasteiger charge is -2.23. The summed E-state index contributed by atoms with van der Waals surface area (Å²) in [6.45, 7) is 1.94. The van der Waals surface area contributed by atoms with Crippen molar-refractivity contribution < 1.29 is 9.47 Å². The average Bonchev–Trinajstić information content (AvgIpc) is 2.78. The first-order valence-electron chi connectivity index (χ1n) is 5.79. The van der Waals surface area contributed by atoms with E-state index in [4.69, 9.17) is 21.7 Å². The van der Waals surface area contributed by atoms with Gasteiger partial charge >= 0.3 is 0 Å². The molecule has 0 spiro atoms. The first-order valence-corrected chi connectivity index (χ1v) is 6.26. The molecule has 0 aliphatic carbocycles. The number of hydrogen-bond acceptors (Lipinski definition) is 4. The molecule has 0 N–H and O–H groups in total. The summed E-state index contributed by atoms with van der Waals surface area (Å²) in [5.74, 6) is 0.897. The van der Waals surface area contributed by atoms with E-state index in [-0.39, 0.29) is 6.23 Å². The molecule has 2 rings (SSSR count). The number of hydrogen-bond donors (Lipinski definition) is 0. The lowest BCUT2D eigenvalue weighted by molar-refractivity contribution is 0.0534. The van der Waals surface area contributed by atoms with E-state index in [1.807, 2.05) is 12.1 Å². The summed E-state index contributed by atoms with van der Waals surface area (Å²) in [4.78, 5) is 2.30. The van der Waals surface area contributed by atoms with Gasteiger partial charge in [-0.15, -0.1) is 0 Å². The highest BCUT2D eigenvalue weighted by Crippen LogP contribution is 2.22. The first kappa shape index (κ1) is 12.3. The maximum atomic E-state index is 5.43. The molecule has 1 fully saturated rings. The number of thiocarbonyl (C=S) groups is 1. The van der Waals surface area contributed by atoms with Crippen LogP contribution in [-0.2, 0) is 11.3 Å². The minimum absolute atomic E-state index is 0.138. The molecule has 1 aromatic carbocycles. The van der Waals surface area contributed by atoms with Gasteiger partial charge in [-0.3, -0.25) is 4.90 Å². The summed E-state index contributed by atoms with van der Waals surface area (Å²) in [7, 11) is 1.69. The minimum Gasteiger partial charge on any atom is -0.497 e. The molecule has 1 atom stereocenters. The van der Waals surface area contributed by atoms with Crippen LogP contribution in [0.2, 0.25) is 0 Å². The van der Waals surface area contributed by atoms with Gasteiger partial charge in [0.05, 0.1) is 7.11 Å². The number of ether oxygens (including phenoxy) is 2. The number of likely N-dealkylation sites (tertiary alicyclic amines) is 1. The molecule has 4 heteroatoms. The first-order chi connectivity index (χ1) is 8.33. The zero-order valence-corrected chi connectivity index (χ0v) is 10.8. The maximum absolute atomic E-state index is 5.43. The standard InChI is InChI=1S/C13H17NO2S/c1-15-12-5-2-4-11(8-12)9-14-7-3-6-13(14)16-10-17/h2,4-5,8,10,13H,3,6-7,9H2,1H3. The molecular weight excluding hydrogens is 234 g/mol. The van der Waals surface area contributed by atoms with Crippen LogP contribution in [0.3, 0.4) is 0 Å². The SMILES string of the molecule is COc1cccc(CN2CCCC2OC=S)c1. The van der Waals surface area contributed by atoms with E-state index in [1.54, 1.807) is 7.11 Å². The molecule has 92 valence electrons. The highest BCUT2D eigenvalue weighted by molar-refractivity contribution is 7.78. The highest BCUT2D eigenvalue weighted by atomic mass is 32.1. The van der Waals surface area contributed by atoms with E-state index in [1.165, 1.54) is 11.1 Å². The van der Waals surface area contributed by atoms with Crippen molar-refractivity contribution in [3.05, 3.63) is 29.8 Å². The van der Waals surface area contributed by atoms with E-state index in [0.717, 1.165) is 31.7 Å². The van der Waals surface area contributed by atoms with E-state index in [2.05, 4.69) is 17.0 Å². The monoisotopic (exact) mass is 251 g/mol. The third kappa shape index (κ3) is 3.17. The topological polar surface area (TPSA) is 21.7 Å². The largest absolute Gasteiger partial charge is 0.497 e. The Morgan fingerprint density at radius 3 is 3.18 bits per heavy atom. The number of benzene rings is 1. The number of rotatable bonds is 5. The predicted molar refractivity (Wildman–Crippen MR) is 71.2 cm³/mol. The summed E-state index contributed by atoms with van der Waals surface area (Å²) in [6, 6.07) is 8.14. The van der Waals surface area contributed by atoms with Crippen molar-refractivity contribution in [3.63, 3.8) is 0 Å². The van der Waals surface area contributed by atoms with Crippen molar-refractivity contribution in [2.45, 2.75) is 25.6 Å². The van der Waals surface area contributed by atoms with Crippen LogP contribution in [0.1, 0.15) is 18.4 Å². The van der Waals surface area contributed by atoms with Gasteiger partial charge in [0, 0.05) is 13.1 Å². The summed E-state index contributed by atoms with van der Waals surface area (Å²) < 4.78 is 10.6. The van der Waals surface area contributed by atoms with E-state index >= 15 is 0 Å². The Balaban J connectivity index is 2.01. The molecule has 1 aromatic rings. The molecule has 1 aliphatic heterocycles. The van der Waals surface area contributed by atoms with Gasteiger partial charge in [-0.2, -0.15) is 0 Å². The van der Waals surface area contributed by atoms with Crippen molar-refractivity contribution in [2.24, 2.45) is 0 Å². The Hall–Kier alpha value is -1.13. The normalized spacial score (nSPS) is 20.2. The van der Waals surface area contributed by atoms with Crippen LogP contribution >= 0.6 is 12.2 Å². The Morgan fingerprint density at radius 1 is 1.53 bits per heavy atom. The number of nitrogens with zero attached hydrogens (tertiary/aromatic N) is 1. The molecular formula is C13H17NO2S. The van der Waals surface area contributed by atoms with E-state index < -0.39 is 0 Å². The molecule has 0 bridgehead atoms. The van der Waals surface area contributed by atoms with Crippen molar-refractivity contribution in [3.8, 4) is 5.75 Å². The van der Waals surface area contributed by atoms with Gasteiger partial charge in [-0.25, -0.2) is 0 Å². The molecule has 0 aromatic heterocycles. The lowest BCUT2D eigenvalue weighted by atomic mass is 10.2. The van der Waals surface area contributed by atoms with Gasteiger partial charge in [0.1, 0.15) is 11.3 Å². The third-order valence-electron chi connectivity index (χ3n) is 3.04. The Labute approximate surface area is 107 Å². The summed E-state index contributed by atoms with van der Waals surface area (Å²) in [5, 5.41) is 0. The molecule has 1 aliphatic rings. The van der Waals surface area contributed by atoms with Gasteiger partial charge < -0.3 is 9.47 Å². The van der Waals surface area contributed by atoms with Crippen LogP contribution < -0.4 is 4.74 Å². The molecule has 3 nitrogen and oxygen atoms in total. The van der Waals surface area contributed by atoms with Gasteiger partial charge in [0.25, 0.3) is 0 Å². The molecule has 17 heavy (non-hydrogen) atoms. The third-order valence-corrected chi connectivity index (χ3v) is 3.15. The zero-order chi connectivity index (χ0) is 12.1. The van der Waals surface area contributed by atoms with Crippen LogP contribution in [0.15, 0.2) is 24.3 Å². The second-order valence-corrected chi connectivity index (χ2v) is 4.34. The van der Waals surface area contributed by atoms with Crippen molar-refractivity contribution in [2.75, 3.05) is 13.7 Å². The lowest BCUT2D eigenvalue weighted by Crippen LogP contribution is -2.30. The van der Waals surface area contributed by atoms with Crippen LogP contribution in [-0.4, -0.2) is 30.3 Å². The molecule has 0 radical (unpaired) electrons. The van der Waals surface area contributed by atoms with Gasteiger partial charge in [-0.1, -0.05) is 12.1 Å². The summed E-state index contributed by atoms with van der Waals surface area (Å²) in [5.41, 5.74) is 2.61. The van der Waals surface area contributed by atoms with Gasteiger partial charge in [0.15, 0.2) is 6.23 Å². The predicted octanol–water partition coefficient (Wildman–Crippen LogP) is 2.59. The van der Waals surface area contributed by atoms with E-state index in [9.17, 15) is 0 Å². The van der Waals surface area contributed by atoms with Crippen LogP contribution in [0.5, 0.6) is 5.75 Å². The highest BCUT2D eigenvalue weighted by Gasteiger charge is 2.25. The Kier molecular flexibility index (Phi) is 4.34. The van der Waals surface area contributed by atoms with Crippen LogP contribution in [0.4, 0.5) is 0 Å². The fourth-order valence-corrected chi connectivity index (χ4v) is 2.33. The molecule has 0 saturated carbocycles. The van der Waals surface area contributed by atoms with Gasteiger partial charge in [0.2, 0.25) is 0 Å². The molecule has 1 saturated heterocycles. The Bertz CT molecular complexity index is 383. The van der Waals surface area contributed by atoms with Gasteiger partial charge in [-0.05, 0) is 42.8 Å². The smallest absolute Gasteiger partial charge is 0.153 e. The van der Waals surface area contributed by atoms with Crippen molar-refractivity contribution in [1.29, 1.82) is 0 Å². The summed E-state index contributed by atoms with van der Waals surface area (Å²) in [6.07, 6.45) is 2.35. The fraction of sp³-hybridized carbons (Fsp3) is 0.462. The van der Waals surface area contributed by atoms with Crippen molar-refractivity contribution in [1.82, 2.24) is 4.90 Å². The summed E-state index contributed by atoms with van der Waals surface area (Å²) >= 11 is 4.75. The van der Waals surface area contributed by atoms with Crippen molar-refractivity contribution >= 4 is 17.8 Å². The molecule has 1 unspecified atom stereocenters. The fourth-order valence-electron chi connectivity index (χ4n) is 2.20. The average molecular weight is 251 g/mol. The van der Waals surface area contributed by atoms with E-state index in [0.29, 0.717) is 0 Å². The minimum atomic E-state index is 0.138. The zero-order valence-electron chi connectivity index (χ0n) is 9.96. The van der Waals surface area contributed by atoms with Crippen LogP contribution in [0, 0.1) is 0 Å².